The molecule has 7 heteroatoms. The number of nitrogens with zero attached hydrogens (tertiary/aromatic N) is 2. The zero-order valence-corrected chi connectivity index (χ0v) is 9.70. The average Bonchev–Trinajstić information content (AvgIpc) is 2.37. The molecule has 0 aliphatic rings. The Hall–Kier alpha value is -2.28. The van der Waals surface area contributed by atoms with E-state index in [-0.39, 0.29) is 17.8 Å². The molecule has 0 saturated carbocycles. The molecule has 1 aromatic rings. The van der Waals surface area contributed by atoms with Crippen LogP contribution in [0.3, 0.4) is 0 Å². The monoisotopic (exact) mass is 252 g/mol. The van der Waals surface area contributed by atoms with Crippen LogP contribution >= 0.6 is 0 Å². The van der Waals surface area contributed by atoms with Crippen LogP contribution in [0.4, 0.5) is 5.69 Å². The van der Waals surface area contributed by atoms with Gasteiger partial charge in [0, 0.05) is 24.2 Å². The van der Waals surface area contributed by atoms with E-state index in [4.69, 9.17) is 5.11 Å². The number of aldehydes is 1. The maximum absolute atomic E-state index is 11.2. The summed E-state index contributed by atoms with van der Waals surface area (Å²) in [4.78, 5) is 33.1. The van der Waals surface area contributed by atoms with Crippen molar-refractivity contribution in [3.05, 3.63) is 39.4 Å². The van der Waals surface area contributed by atoms with Gasteiger partial charge in [0.15, 0.2) is 0 Å². The molecule has 0 saturated heterocycles. The number of carbonyl (C=O) groups excluding carboxylic acids is 2. The van der Waals surface area contributed by atoms with Gasteiger partial charge in [-0.05, 0) is 6.07 Å². The van der Waals surface area contributed by atoms with E-state index in [2.05, 4.69) is 0 Å². The Balaban J connectivity index is 3.05. The lowest BCUT2D eigenvalue weighted by Crippen LogP contribution is -2.28. The van der Waals surface area contributed by atoms with Crippen LogP contribution in [0.25, 0.3) is 0 Å². The summed E-state index contributed by atoms with van der Waals surface area (Å²) in [7, 11) is 1.43. The fourth-order valence-electron chi connectivity index (χ4n) is 1.42. The molecule has 18 heavy (non-hydrogen) atoms. The van der Waals surface area contributed by atoms with Crippen LogP contribution in [-0.2, 0) is 11.3 Å². The van der Waals surface area contributed by atoms with Gasteiger partial charge in [-0.25, -0.2) is 0 Å². The summed E-state index contributed by atoms with van der Waals surface area (Å²) < 4.78 is 0. The van der Waals surface area contributed by atoms with Crippen molar-refractivity contribution in [1.82, 2.24) is 4.90 Å². The first-order valence-electron chi connectivity index (χ1n) is 5.07. The molecule has 0 heterocycles. The predicted octanol–water partition coefficient (Wildman–Crippen LogP) is 0.358. The quantitative estimate of drug-likeness (QED) is 0.463. The number of hydrogen-bond donors (Lipinski definition) is 1. The highest BCUT2D eigenvalue weighted by Gasteiger charge is 2.17. The lowest BCUT2D eigenvalue weighted by Gasteiger charge is -2.15. The van der Waals surface area contributed by atoms with Gasteiger partial charge in [-0.1, -0.05) is 6.07 Å². The molecule has 0 radical (unpaired) electrons. The van der Waals surface area contributed by atoms with Gasteiger partial charge in [0.1, 0.15) is 12.9 Å². The Kier molecular flexibility index (Phi) is 4.50. The summed E-state index contributed by atoms with van der Waals surface area (Å²) in [6.07, 6.45) is 0.513. The van der Waals surface area contributed by atoms with Crippen LogP contribution in [0.15, 0.2) is 18.2 Å². The van der Waals surface area contributed by atoms with Crippen LogP contribution in [0.1, 0.15) is 15.9 Å². The molecule has 7 nitrogen and oxygen atoms in total. The summed E-state index contributed by atoms with van der Waals surface area (Å²) in [6, 6.07) is 4.01. The fraction of sp³-hybridized carbons (Fsp3) is 0.273. The number of rotatable bonds is 5. The van der Waals surface area contributed by atoms with Gasteiger partial charge >= 0.3 is 0 Å². The van der Waals surface area contributed by atoms with Crippen molar-refractivity contribution in [1.29, 1.82) is 0 Å². The van der Waals surface area contributed by atoms with Gasteiger partial charge in [-0.3, -0.25) is 19.7 Å². The highest BCUT2D eigenvalue weighted by Crippen LogP contribution is 2.21. The number of benzene rings is 1. The Morgan fingerprint density at radius 1 is 1.56 bits per heavy atom. The molecule has 0 unspecified atom stereocenters. The smallest absolute Gasteiger partial charge is 0.275 e. The van der Waals surface area contributed by atoms with Crippen LogP contribution in [0, 0.1) is 10.1 Å². The lowest BCUT2D eigenvalue weighted by atomic mass is 10.1. The zero-order chi connectivity index (χ0) is 13.7. The third-order valence-electron chi connectivity index (χ3n) is 2.41. The highest BCUT2D eigenvalue weighted by molar-refractivity contribution is 5.78. The molecule has 1 amide bonds. The molecule has 0 atom stereocenters. The summed E-state index contributed by atoms with van der Waals surface area (Å²) >= 11 is 0. The van der Waals surface area contributed by atoms with Crippen LogP contribution in [0.2, 0.25) is 0 Å². The minimum absolute atomic E-state index is 0.00512. The van der Waals surface area contributed by atoms with Gasteiger partial charge in [-0.15, -0.1) is 0 Å². The first kappa shape index (κ1) is 13.8. The van der Waals surface area contributed by atoms with E-state index in [1.54, 1.807) is 0 Å². The summed E-state index contributed by atoms with van der Waals surface area (Å²) in [5, 5.41) is 19.5. The van der Waals surface area contributed by atoms with Gasteiger partial charge < -0.3 is 10.0 Å². The molecule has 0 fully saturated rings. The van der Waals surface area contributed by atoms with E-state index >= 15 is 0 Å². The van der Waals surface area contributed by atoms with Crippen molar-refractivity contribution in [2.75, 3.05) is 13.7 Å². The molecule has 0 aliphatic carbocycles. The van der Waals surface area contributed by atoms with E-state index in [0.29, 0.717) is 11.8 Å². The summed E-state index contributed by atoms with van der Waals surface area (Å²) in [6.45, 7) is -0.661. The Morgan fingerprint density at radius 3 is 2.72 bits per heavy atom. The number of nitro benzene ring substituents is 1. The van der Waals surface area contributed by atoms with Gasteiger partial charge in [0.2, 0.25) is 5.91 Å². The molecule has 1 rings (SSSR count). The standard InChI is InChI=1S/C11H12N2O5/c1-12(11(16)7-15)5-9-3-2-8(6-14)4-10(9)13(17)18/h2-4,6,15H,5,7H2,1H3. The number of aliphatic hydroxyl groups is 1. The van der Waals surface area contributed by atoms with E-state index in [1.165, 1.54) is 24.1 Å². The van der Waals surface area contributed by atoms with Crippen LogP contribution in [0.5, 0.6) is 0 Å². The molecule has 96 valence electrons. The molecule has 0 bridgehead atoms. The fourth-order valence-corrected chi connectivity index (χ4v) is 1.42. The lowest BCUT2D eigenvalue weighted by molar-refractivity contribution is -0.385. The van der Waals surface area contributed by atoms with Gasteiger partial charge in [-0.2, -0.15) is 0 Å². The van der Waals surface area contributed by atoms with Gasteiger partial charge in [0.05, 0.1) is 11.5 Å². The molecule has 1 N–H and O–H groups in total. The first-order chi connectivity index (χ1) is 8.49. The summed E-state index contributed by atoms with van der Waals surface area (Å²) in [5.41, 5.74) is 0.272. The number of amides is 1. The third kappa shape index (κ3) is 3.11. The summed E-state index contributed by atoms with van der Waals surface area (Å²) in [5.74, 6) is -0.538. The number of hydrogen-bond acceptors (Lipinski definition) is 5. The highest BCUT2D eigenvalue weighted by atomic mass is 16.6. The molecule has 0 spiro atoms. The van der Waals surface area contributed by atoms with Crippen molar-refractivity contribution in [3.8, 4) is 0 Å². The predicted molar refractivity (Wildman–Crippen MR) is 62.0 cm³/mol. The number of carbonyl (C=O) groups is 2. The zero-order valence-electron chi connectivity index (χ0n) is 9.70. The average molecular weight is 252 g/mol. The second-order valence-electron chi connectivity index (χ2n) is 3.67. The molecule has 1 aromatic carbocycles. The maximum atomic E-state index is 11.2. The van der Waals surface area contributed by atoms with E-state index in [9.17, 15) is 19.7 Å². The van der Waals surface area contributed by atoms with Crippen molar-refractivity contribution >= 4 is 17.9 Å². The molecule has 0 aromatic heterocycles. The van der Waals surface area contributed by atoms with Crippen molar-refractivity contribution in [3.63, 3.8) is 0 Å². The van der Waals surface area contributed by atoms with Crippen LogP contribution < -0.4 is 0 Å². The maximum Gasteiger partial charge on any atom is 0.275 e. The topological polar surface area (TPSA) is 101 Å². The second-order valence-corrected chi connectivity index (χ2v) is 3.67. The molecular formula is C11H12N2O5. The largest absolute Gasteiger partial charge is 0.387 e. The minimum Gasteiger partial charge on any atom is -0.387 e. The third-order valence-corrected chi connectivity index (χ3v) is 2.41. The number of aliphatic hydroxyl groups excluding tert-OH is 1. The van der Waals surface area contributed by atoms with Crippen molar-refractivity contribution < 1.29 is 19.6 Å². The van der Waals surface area contributed by atoms with Gasteiger partial charge in [0.25, 0.3) is 5.69 Å². The number of nitro groups is 1. The molecule has 0 aliphatic heterocycles. The SMILES string of the molecule is CN(Cc1ccc(C=O)cc1[N+](=O)[O-])C(=O)CO. The Morgan fingerprint density at radius 2 is 2.22 bits per heavy atom. The van der Waals surface area contributed by atoms with Crippen molar-refractivity contribution in [2.45, 2.75) is 6.54 Å². The van der Waals surface area contributed by atoms with E-state index < -0.39 is 17.4 Å². The van der Waals surface area contributed by atoms with E-state index in [1.807, 2.05) is 0 Å². The Labute approximate surface area is 103 Å². The molecular weight excluding hydrogens is 240 g/mol. The minimum atomic E-state index is -0.656. The van der Waals surface area contributed by atoms with Crippen molar-refractivity contribution in [2.24, 2.45) is 0 Å². The van der Waals surface area contributed by atoms with Crippen LogP contribution in [-0.4, -0.2) is 40.8 Å². The first-order valence-corrected chi connectivity index (χ1v) is 5.07. The Bertz CT molecular complexity index is 486. The van der Waals surface area contributed by atoms with E-state index in [0.717, 1.165) is 6.07 Å². The normalized spacial score (nSPS) is 9.89. The number of likely N-dealkylation sites (N-methyl/N-ethyl adjacent to an activating group) is 1. The second kappa shape index (κ2) is 5.87.